The largest absolute Gasteiger partial charge is 0.491 e. The van der Waals surface area contributed by atoms with E-state index in [2.05, 4.69) is 0 Å². The molecule has 136 valence electrons. The third-order valence-electron chi connectivity index (χ3n) is 2.89. The minimum absolute atomic E-state index is 0.0454. The van der Waals surface area contributed by atoms with Crippen LogP contribution in [0.15, 0.2) is 47.4 Å². The Morgan fingerprint density at radius 2 is 1.64 bits per heavy atom. The first-order chi connectivity index (χ1) is 11.7. The molecule has 2 aromatic rings. The molecule has 25 heavy (non-hydrogen) atoms. The van der Waals surface area contributed by atoms with Crippen LogP contribution in [0.3, 0.4) is 0 Å². The van der Waals surface area contributed by atoms with Crippen molar-refractivity contribution in [1.29, 1.82) is 0 Å². The van der Waals surface area contributed by atoms with E-state index in [1.165, 1.54) is 11.8 Å². The molecule has 0 heterocycles. The molecular weight excluding hydrogens is 427 g/mol. The van der Waals surface area contributed by atoms with Gasteiger partial charge < -0.3 is 4.74 Å². The molecule has 0 aromatic heterocycles. The monoisotopic (exact) mass is 440 g/mol. The molecule has 0 spiro atoms. The molecule has 0 aliphatic carbocycles. The van der Waals surface area contributed by atoms with E-state index in [1.807, 2.05) is 0 Å². The molecule has 0 bridgehead atoms. The van der Waals surface area contributed by atoms with E-state index in [1.54, 1.807) is 42.5 Å². The van der Waals surface area contributed by atoms with E-state index in [-0.39, 0.29) is 6.61 Å². The Morgan fingerprint density at radius 3 is 2.20 bits per heavy atom. The van der Waals surface area contributed by atoms with Gasteiger partial charge in [-0.05, 0) is 36.4 Å². The third kappa shape index (κ3) is 7.25. The van der Waals surface area contributed by atoms with Crippen LogP contribution in [0.5, 0.6) is 5.75 Å². The van der Waals surface area contributed by atoms with Gasteiger partial charge in [0, 0.05) is 15.7 Å². The fraction of sp³-hybridized carbons (Fsp3) is 0.250. The Balaban J connectivity index is 2.03. The maximum atomic E-state index is 11.5. The number of rotatable bonds is 8. The molecular formula is C16H15Cl3O4S2. The van der Waals surface area contributed by atoms with Gasteiger partial charge in [-0.1, -0.05) is 40.9 Å². The number of thioether (sulfide) groups is 1. The lowest BCUT2D eigenvalue weighted by Gasteiger charge is -2.17. The van der Waals surface area contributed by atoms with Gasteiger partial charge in [-0.3, -0.25) is 4.18 Å². The van der Waals surface area contributed by atoms with Crippen LogP contribution in [-0.4, -0.2) is 33.1 Å². The molecule has 2 rings (SSSR count). The van der Waals surface area contributed by atoms with Gasteiger partial charge in [0.1, 0.15) is 18.5 Å². The van der Waals surface area contributed by atoms with Gasteiger partial charge >= 0.3 is 0 Å². The highest BCUT2D eigenvalue weighted by molar-refractivity contribution is 7.99. The predicted octanol–water partition coefficient (Wildman–Crippen LogP) is 5.16. The summed E-state index contributed by atoms with van der Waals surface area (Å²) in [4.78, 5) is 0.666. The predicted molar refractivity (Wildman–Crippen MR) is 104 cm³/mol. The van der Waals surface area contributed by atoms with Crippen LogP contribution in [0.1, 0.15) is 0 Å². The fourth-order valence-corrected chi connectivity index (χ4v) is 4.35. The summed E-state index contributed by atoms with van der Waals surface area (Å²) in [6, 6.07) is 11.9. The minimum atomic E-state index is -3.64. The Bertz CT molecular complexity index is 790. The van der Waals surface area contributed by atoms with Crippen LogP contribution in [-0.2, 0) is 14.3 Å². The van der Waals surface area contributed by atoms with E-state index in [4.69, 9.17) is 43.7 Å². The van der Waals surface area contributed by atoms with Crippen LogP contribution in [0.25, 0.3) is 0 Å². The highest BCUT2D eigenvalue weighted by Gasteiger charge is 2.19. The summed E-state index contributed by atoms with van der Waals surface area (Å²) in [6.07, 6.45) is 0.290. The highest BCUT2D eigenvalue weighted by Crippen LogP contribution is 2.34. The molecule has 0 saturated heterocycles. The molecule has 0 saturated carbocycles. The van der Waals surface area contributed by atoms with Crippen LogP contribution in [0.2, 0.25) is 15.1 Å². The van der Waals surface area contributed by atoms with Crippen molar-refractivity contribution in [2.24, 2.45) is 0 Å². The summed E-state index contributed by atoms with van der Waals surface area (Å²) in [6.45, 7) is 0.0454. The van der Waals surface area contributed by atoms with Gasteiger partial charge in [0.25, 0.3) is 10.1 Å². The Labute approximate surface area is 166 Å². The molecule has 1 atom stereocenters. The van der Waals surface area contributed by atoms with Crippen molar-refractivity contribution in [1.82, 2.24) is 0 Å². The van der Waals surface area contributed by atoms with E-state index in [0.717, 1.165) is 6.26 Å². The molecule has 4 nitrogen and oxygen atoms in total. The second-order valence-electron chi connectivity index (χ2n) is 5.05. The number of hydrogen-bond donors (Lipinski definition) is 0. The lowest BCUT2D eigenvalue weighted by Crippen LogP contribution is -2.27. The molecule has 0 aliphatic rings. The first-order valence-corrected chi connectivity index (χ1v) is 11.0. The second kappa shape index (κ2) is 9.35. The van der Waals surface area contributed by atoms with Crippen LogP contribution < -0.4 is 4.74 Å². The smallest absolute Gasteiger partial charge is 0.264 e. The molecule has 2 aromatic carbocycles. The Morgan fingerprint density at radius 1 is 1.04 bits per heavy atom. The molecule has 0 amide bonds. The quantitative estimate of drug-likeness (QED) is 0.418. The molecule has 0 N–H and O–H groups in total. The maximum Gasteiger partial charge on any atom is 0.264 e. The molecule has 0 radical (unpaired) electrons. The summed E-state index contributed by atoms with van der Waals surface area (Å²) in [5.74, 6) is 0.858. The van der Waals surface area contributed by atoms with Crippen LogP contribution >= 0.6 is 46.6 Å². The zero-order valence-electron chi connectivity index (χ0n) is 13.1. The SMILES string of the molecule is CS(=O)(=O)OC(COc1ccc(Cl)cc1)CSc1c(Cl)cccc1Cl. The van der Waals surface area contributed by atoms with Crippen molar-refractivity contribution in [3.63, 3.8) is 0 Å². The molecule has 0 aliphatic heterocycles. The average Bonchev–Trinajstić information content (AvgIpc) is 2.52. The molecule has 0 fully saturated rings. The van der Waals surface area contributed by atoms with Gasteiger partial charge in [0.2, 0.25) is 0 Å². The summed E-state index contributed by atoms with van der Waals surface area (Å²) in [7, 11) is -3.64. The average molecular weight is 442 g/mol. The maximum absolute atomic E-state index is 11.5. The van der Waals surface area contributed by atoms with E-state index in [9.17, 15) is 8.42 Å². The van der Waals surface area contributed by atoms with Gasteiger partial charge in [0.05, 0.1) is 16.3 Å². The first-order valence-electron chi connectivity index (χ1n) is 7.08. The van der Waals surface area contributed by atoms with E-state index in [0.29, 0.717) is 31.5 Å². The van der Waals surface area contributed by atoms with Crippen molar-refractivity contribution in [2.45, 2.75) is 11.0 Å². The zero-order chi connectivity index (χ0) is 18.4. The van der Waals surface area contributed by atoms with Crippen molar-refractivity contribution in [3.05, 3.63) is 57.5 Å². The minimum Gasteiger partial charge on any atom is -0.491 e. The van der Waals surface area contributed by atoms with Gasteiger partial charge in [-0.15, -0.1) is 11.8 Å². The van der Waals surface area contributed by atoms with Crippen molar-refractivity contribution >= 4 is 56.7 Å². The summed E-state index contributed by atoms with van der Waals surface area (Å²) in [5, 5.41) is 1.57. The van der Waals surface area contributed by atoms with Crippen molar-refractivity contribution < 1.29 is 17.3 Å². The van der Waals surface area contributed by atoms with Gasteiger partial charge in [0.15, 0.2) is 0 Å². The summed E-state index contributed by atoms with van der Waals surface area (Å²) < 4.78 is 33.7. The molecule has 9 heteroatoms. The van der Waals surface area contributed by atoms with Crippen LogP contribution in [0.4, 0.5) is 0 Å². The number of hydrogen-bond acceptors (Lipinski definition) is 5. The highest BCUT2D eigenvalue weighted by atomic mass is 35.5. The molecule has 1 unspecified atom stereocenters. The standard InChI is InChI=1S/C16H15Cl3O4S2/c1-25(20,21)23-13(9-22-12-7-5-11(17)6-8-12)10-24-16-14(18)3-2-4-15(16)19/h2-8,13H,9-10H2,1H3. The van der Waals surface area contributed by atoms with Crippen molar-refractivity contribution in [2.75, 3.05) is 18.6 Å². The number of ether oxygens (including phenoxy) is 1. The Kier molecular flexibility index (Phi) is 7.73. The van der Waals surface area contributed by atoms with Gasteiger partial charge in [-0.2, -0.15) is 8.42 Å². The van der Waals surface area contributed by atoms with Crippen molar-refractivity contribution in [3.8, 4) is 5.75 Å². The van der Waals surface area contributed by atoms with E-state index < -0.39 is 16.2 Å². The zero-order valence-corrected chi connectivity index (χ0v) is 17.0. The third-order valence-corrected chi connectivity index (χ3v) is 5.89. The fourth-order valence-electron chi connectivity index (χ4n) is 1.87. The summed E-state index contributed by atoms with van der Waals surface area (Å²) in [5.41, 5.74) is 0. The number of benzene rings is 2. The Hall–Kier alpha value is -0.630. The normalized spacial score (nSPS) is 12.8. The van der Waals surface area contributed by atoms with E-state index >= 15 is 0 Å². The lowest BCUT2D eigenvalue weighted by atomic mass is 10.3. The second-order valence-corrected chi connectivity index (χ2v) is 8.93. The number of halogens is 3. The topological polar surface area (TPSA) is 52.6 Å². The summed E-state index contributed by atoms with van der Waals surface area (Å²) >= 11 is 19.4. The van der Waals surface area contributed by atoms with Gasteiger partial charge in [-0.25, -0.2) is 0 Å². The lowest BCUT2D eigenvalue weighted by molar-refractivity contribution is 0.153. The van der Waals surface area contributed by atoms with Crippen LogP contribution in [0, 0.1) is 0 Å². The first kappa shape index (κ1) is 20.7.